The first-order chi connectivity index (χ1) is 37.1. The molecule has 75 heavy (non-hydrogen) atoms. The molecule has 0 saturated carbocycles. The van der Waals surface area contributed by atoms with Gasteiger partial charge < -0.3 is 13.9 Å². The number of para-hydroxylation sites is 3. The van der Waals surface area contributed by atoms with Crippen LogP contribution in [0.4, 0.5) is 17.1 Å². The van der Waals surface area contributed by atoms with E-state index in [0.717, 1.165) is 89.2 Å². The van der Waals surface area contributed by atoms with E-state index in [1.54, 1.807) is 0 Å². The van der Waals surface area contributed by atoms with Crippen LogP contribution < -0.4 is 4.90 Å². The molecule has 0 aliphatic carbocycles. The zero-order valence-corrected chi connectivity index (χ0v) is 41.0. The normalized spacial score (nSPS) is 11.5. The average Bonchev–Trinajstić information content (AvgIpc) is 4.05. The second kappa shape index (κ2) is 18.6. The molecule has 2 heterocycles. The van der Waals surface area contributed by atoms with Crippen LogP contribution in [0.5, 0.6) is 0 Å². The highest BCUT2D eigenvalue weighted by Crippen LogP contribution is 2.42. The van der Waals surface area contributed by atoms with Crippen molar-refractivity contribution in [2.45, 2.75) is 0 Å². The van der Waals surface area contributed by atoms with Crippen molar-refractivity contribution in [3.63, 3.8) is 0 Å². The Bertz CT molecular complexity index is 4300. The summed E-state index contributed by atoms with van der Waals surface area (Å²) in [5, 5.41) is 4.71. The summed E-state index contributed by atoms with van der Waals surface area (Å²) in [5.74, 6) is 0. The molecule has 3 heteroatoms. The third-order valence-corrected chi connectivity index (χ3v) is 14.8. The van der Waals surface area contributed by atoms with Crippen LogP contribution in [-0.4, -0.2) is 4.57 Å². The van der Waals surface area contributed by atoms with Gasteiger partial charge in [0.2, 0.25) is 0 Å². The van der Waals surface area contributed by atoms with Gasteiger partial charge in [-0.25, -0.2) is 0 Å². The topological polar surface area (TPSA) is 21.3 Å². The molecule has 352 valence electrons. The highest BCUT2D eigenvalue weighted by Gasteiger charge is 2.18. The van der Waals surface area contributed by atoms with E-state index in [0.29, 0.717) is 0 Å². The summed E-state index contributed by atoms with van der Waals surface area (Å²) in [4.78, 5) is 2.36. The van der Waals surface area contributed by atoms with Gasteiger partial charge in [0.05, 0.1) is 11.0 Å². The predicted octanol–water partition coefficient (Wildman–Crippen LogP) is 20.2. The number of hydrogen-bond acceptors (Lipinski definition) is 2. The number of nitrogens with zero attached hydrogens (tertiary/aromatic N) is 2. The fourth-order valence-corrected chi connectivity index (χ4v) is 11.1. The summed E-state index contributed by atoms with van der Waals surface area (Å²) < 4.78 is 8.86. The Kier molecular flexibility index (Phi) is 10.8. The molecule has 0 aliphatic heterocycles. The molecule has 0 aliphatic rings. The molecule has 3 nitrogen and oxygen atoms in total. The van der Waals surface area contributed by atoms with Crippen LogP contribution in [0.3, 0.4) is 0 Å². The monoisotopic (exact) mass is 956 g/mol. The molecule has 0 bridgehead atoms. The summed E-state index contributed by atoms with van der Waals surface area (Å²) in [6.45, 7) is 0. The number of hydrogen-bond donors (Lipinski definition) is 0. The van der Waals surface area contributed by atoms with Crippen molar-refractivity contribution in [3.05, 3.63) is 291 Å². The van der Waals surface area contributed by atoms with Gasteiger partial charge in [-0.05, 0) is 170 Å². The van der Waals surface area contributed by atoms with Crippen LogP contribution in [0.15, 0.2) is 296 Å². The lowest BCUT2D eigenvalue weighted by molar-refractivity contribution is 0.669. The number of benzene rings is 12. The van der Waals surface area contributed by atoms with Gasteiger partial charge in [0.15, 0.2) is 0 Å². The summed E-state index contributed by atoms with van der Waals surface area (Å²) >= 11 is 0. The molecule has 14 aromatic rings. The van der Waals surface area contributed by atoms with E-state index >= 15 is 0 Å². The van der Waals surface area contributed by atoms with Gasteiger partial charge in [-0.2, -0.15) is 0 Å². The van der Waals surface area contributed by atoms with Gasteiger partial charge >= 0.3 is 0 Å². The molecule has 0 amide bonds. The average molecular weight is 957 g/mol. The van der Waals surface area contributed by atoms with Gasteiger partial charge in [0, 0.05) is 44.3 Å². The standard InChI is InChI=1S/C72H48N2O/c1-4-16-49(17-5-1)51-30-36-62(37-31-51)73(63-38-32-52(33-39-63)50-18-6-2-7-19-50)64-25-15-22-55(46-64)53-20-14-21-54(42-53)58-43-59(45-60(44-58)57-35-41-68-67-27-11-13-29-71(67)75-72(68)48-57)56-34-40-66-65-26-10-12-28-69(65)74(70(66)47-56)61-23-8-3-9-24-61/h1-48H. The van der Waals surface area contributed by atoms with E-state index < -0.39 is 0 Å². The van der Waals surface area contributed by atoms with Gasteiger partial charge in [0.25, 0.3) is 0 Å². The van der Waals surface area contributed by atoms with Gasteiger partial charge in [0.1, 0.15) is 11.2 Å². The second-order valence-corrected chi connectivity index (χ2v) is 19.3. The van der Waals surface area contributed by atoms with E-state index in [-0.39, 0.29) is 0 Å². The zero-order valence-electron chi connectivity index (χ0n) is 41.0. The summed E-state index contributed by atoms with van der Waals surface area (Å²) in [6.07, 6.45) is 0. The minimum absolute atomic E-state index is 0.879. The van der Waals surface area contributed by atoms with Crippen LogP contribution in [-0.2, 0) is 0 Å². The number of aromatic nitrogens is 1. The summed E-state index contributed by atoms with van der Waals surface area (Å²) in [7, 11) is 0. The lowest BCUT2D eigenvalue weighted by atomic mass is 9.91. The quantitative estimate of drug-likeness (QED) is 0.136. The molecule has 14 rings (SSSR count). The maximum Gasteiger partial charge on any atom is 0.136 e. The van der Waals surface area contributed by atoms with Crippen molar-refractivity contribution < 1.29 is 4.42 Å². The highest BCUT2D eigenvalue weighted by molar-refractivity contribution is 6.10. The molecule has 0 saturated heterocycles. The molecule has 0 unspecified atom stereocenters. The maximum atomic E-state index is 6.46. The first-order valence-corrected chi connectivity index (χ1v) is 25.6. The smallest absolute Gasteiger partial charge is 0.136 e. The van der Waals surface area contributed by atoms with Gasteiger partial charge in [-0.1, -0.05) is 188 Å². The Labute approximate surface area is 436 Å². The largest absolute Gasteiger partial charge is 0.456 e. The van der Waals surface area contributed by atoms with Crippen LogP contribution in [0.1, 0.15) is 0 Å². The van der Waals surface area contributed by atoms with E-state index in [1.165, 1.54) is 44.1 Å². The molecule has 0 fully saturated rings. The van der Waals surface area contributed by atoms with Crippen LogP contribution in [0, 0.1) is 0 Å². The van der Waals surface area contributed by atoms with E-state index in [1.807, 2.05) is 12.1 Å². The molecular weight excluding hydrogens is 909 g/mol. The van der Waals surface area contributed by atoms with E-state index in [2.05, 4.69) is 289 Å². The van der Waals surface area contributed by atoms with Crippen molar-refractivity contribution >= 4 is 60.8 Å². The fraction of sp³-hybridized carbons (Fsp3) is 0. The van der Waals surface area contributed by atoms with Crippen molar-refractivity contribution in [2.24, 2.45) is 0 Å². The summed E-state index contributed by atoms with van der Waals surface area (Å²) in [5.41, 5.74) is 22.3. The molecule has 0 radical (unpaired) electrons. The van der Waals surface area contributed by atoms with Crippen molar-refractivity contribution in [3.8, 4) is 72.4 Å². The molecule has 12 aromatic carbocycles. The summed E-state index contributed by atoms with van der Waals surface area (Å²) in [6, 6.07) is 105. The molecule has 2 aromatic heterocycles. The first kappa shape index (κ1) is 43.8. The second-order valence-electron chi connectivity index (χ2n) is 19.3. The maximum absolute atomic E-state index is 6.46. The number of fused-ring (bicyclic) bond motifs is 6. The van der Waals surface area contributed by atoms with Crippen molar-refractivity contribution in [2.75, 3.05) is 4.90 Å². The molecule has 0 atom stereocenters. The molecule has 0 spiro atoms. The fourth-order valence-electron chi connectivity index (χ4n) is 11.1. The minimum atomic E-state index is 0.879. The Morgan fingerprint density at radius 3 is 1.28 bits per heavy atom. The third kappa shape index (κ3) is 8.14. The van der Waals surface area contributed by atoms with Crippen molar-refractivity contribution in [1.82, 2.24) is 4.57 Å². The first-order valence-electron chi connectivity index (χ1n) is 25.6. The van der Waals surface area contributed by atoms with Gasteiger partial charge in [-0.3, -0.25) is 0 Å². The van der Waals surface area contributed by atoms with E-state index in [4.69, 9.17) is 4.42 Å². The van der Waals surface area contributed by atoms with Crippen LogP contribution in [0.25, 0.3) is 116 Å². The Balaban J connectivity index is 0.887. The zero-order chi connectivity index (χ0) is 49.7. The number of furan rings is 1. The van der Waals surface area contributed by atoms with Crippen molar-refractivity contribution in [1.29, 1.82) is 0 Å². The van der Waals surface area contributed by atoms with Crippen LogP contribution >= 0.6 is 0 Å². The minimum Gasteiger partial charge on any atom is -0.456 e. The van der Waals surface area contributed by atoms with Gasteiger partial charge in [-0.15, -0.1) is 0 Å². The van der Waals surface area contributed by atoms with E-state index in [9.17, 15) is 0 Å². The Hall–Kier alpha value is -9.96. The number of rotatable bonds is 10. The third-order valence-electron chi connectivity index (χ3n) is 14.8. The molecule has 0 N–H and O–H groups in total. The number of anilines is 3. The lowest BCUT2D eigenvalue weighted by Gasteiger charge is -2.26. The predicted molar refractivity (Wildman–Crippen MR) is 315 cm³/mol. The molecular formula is C72H48N2O. The highest BCUT2D eigenvalue weighted by atomic mass is 16.3. The lowest BCUT2D eigenvalue weighted by Crippen LogP contribution is -2.10. The Morgan fingerprint density at radius 1 is 0.227 bits per heavy atom. The Morgan fingerprint density at radius 2 is 0.640 bits per heavy atom. The SMILES string of the molecule is c1ccc(-c2ccc(N(c3ccc(-c4ccccc4)cc3)c3cccc(-c4cccc(-c5cc(-c6ccc7c(c6)oc6ccccc67)cc(-c6ccc7c8ccccc8n(-c8ccccc8)c7c6)c5)c4)c3)cc2)cc1. The van der Waals surface area contributed by atoms with Crippen LogP contribution in [0.2, 0.25) is 0 Å².